The molecule has 1 aromatic carbocycles. The normalized spacial score (nSPS) is 10.0. The second-order valence-corrected chi connectivity index (χ2v) is 4.40. The van der Waals surface area contributed by atoms with Gasteiger partial charge in [-0.25, -0.2) is 10.2 Å². The van der Waals surface area contributed by atoms with Gasteiger partial charge < -0.3 is 4.74 Å². The quantitative estimate of drug-likeness (QED) is 0.757. The molecule has 2 amide bonds. The molecular weight excluding hydrogens is 296 g/mol. The van der Waals surface area contributed by atoms with E-state index < -0.39 is 12.0 Å². The van der Waals surface area contributed by atoms with E-state index in [2.05, 4.69) is 25.8 Å². The zero-order valence-electron chi connectivity index (χ0n) is 11.1. The van der Waals surface area contributed by atoms with E-state index in [-0.39, 0.29) is 12.2 Å². The van der Waals surface area contributed by atoms with Crippen LogP contribution in [-0.2, 0) is 4.74 Å². The fourth-order valence-electron chi connectivity index (χ4n) is 1.64. The van der Waals surface area contributed by atoms with Crippen LogP contribution in [0.4, 0.5) is 4.79 Å². The van der Waals surface area contributed by atoms with Crippen LogP contribution < -0.4 is 10.9 Å². The molecule has 0 unspecified atom stereocenters. The Kier molecular flexibility index (Phi) is 4.78. The lowest BCUT2D eigenvalue weighted by Gasteiger charge is -2.07. The van der Waals surface area contributed by atoms with E-state index in [0.717, 1.165) is 5.56 Å². The van der Waals surface area contributed by atoms with Gasteiger partial charge in [-0.3, -0.25) is 15.3 Å². The molecule has 8 heteroatoms. The number of carbonyl (C=O) groups excluding carboxylic acids is 2. The van der Waals surface area contributed by atoms with Gasteiger partial charge in [0.2, 0.25) is 0 Å². The highest BCUT2D eigenvalue weighted by atomic mass is 35.5. The summed E-state index contributed by atoms with van der Waals surface area (Å²) in [5, 5.41) is 7.17. The Bertz CT molecular complexity index is 639. The maximum Gasteiger partial charge on any atom is 0.426 e. The van der Waals surface area contributed by atoms with Crippen LogP contribution in [0.15, 0.2) is 30.5 Å². The van der Waals surface area contributed by atoms with Gasteiger partial charge in [-0.15, -0.1) is 0 Å². The lowest BCUT2D eigenvalue weighted by molar-refractivity contribution is 0.0913. The second-order valence-electron chi connectivity index (χ2n) is 3.97. The van der Waals surface area contributed by atoms with Gasteiger partial charge in [-0.2, -0.15) is 5.10 Å². The topological polar surface area (TPSA) is 96.1 Å². The Balaban J connectivity index is 2.11. The summed E-state index contributed by atoms with van der Waals surface area (Å²) in [6, 6.07) is 6.92. The van der Waals surface area contributed by atoms with Crippen LogP contribution in [0.25, 0.3) is 11.3 Å². The number of halogens is 1. The molecule has 0 aliphatic heterocycles. The zero-order chi connectivity index (χ0) is 15.2. The highest BCUT2D eigenvalue weighted by Crippen LogP contribution is 2.22. The van der Waals surface area contributed by atoms with Gasteiger partial charge in [0.25, 0.3) is 5.91 Å². The molecule has 1 aromatic heterocycles. The Labute approximate surface area is 125 Å². The molecule has 0 fully saturated rings. The van der Waals surface area contributed by atoms with Gasteiger partial charge >= 0.3 is 6.09 Å². The van der Waals surface area contributed by atoms with Crippen molar-refractivity contribution in [2.45, 2.75) is 6.92 Å². The molecule has 2 aromatic rings. The predicted octanol–water partition coefficient (Wildman–Crippen LogP) is 2.12. The minimum Gasteiger partial charge on any atom is -0.449 e. The number of rotatable bonds is 3. The molecular formula is C13H13ClN4O3. The molecule has 0 spiro atoms. The van der Waals surface area contributed by atoms with Crippen molar-refractivity contribution in [1.82, 2.24) is 21.0 Å². The molecule has 0 aliphatic rings. The molecule has 21 heavy (non-hydrogen) atoms. The first kappa shape index (κ1) is 14.9. The van der Waals surface area contributed by atoms with Crippen molar-refractivity contribution in [3.05, 3.63) is 41.0 Å². The average molecular weight is 309 g/mol. The molecule has 0 atom stereocenters. The number of benzene rings is 1. The van der Waals surface area contributed by atoms with E-state index in [4.69, 9.17) is 11.6 Å². The summed E-state index contributed by atoms with van der Waals surface area (Å²) in [6.07, 6.45) is 0.633. The van der Waals surface area contributed by atoms with Gasteiger partial charge in [-0.05, 0) is 19.1 Å². The SMILES string of the molecule is CCOC(=O)NNC(=O)c1cn[nH]c1-c1ccc(Cl)cc1. The van der Waals surface area contributed by atoms with Crippen molar-refractivity contribution in [3.63, 3.8) is 0 Å². The number of H-pyrrole nitrogens is 1. The van der Waals surface area contributed by atoms with E-state index in [9.17, 15) is 9.59 Å². The maximum atomic E-state index is 12.0. The Hall–Kier alpha value is -2.54. The Morgan fingerprint density at radius 1 is 1.29 bits per heavy atom. The largest absolute Gasteiger partial charge is 0.449 e. The standard InChI is InChI=1S/C13H13ClN4O3/c1-2-21-13(20)18-17-12(19)10-7-15-16-11(10)8-3-5-9(14)6-4-8/h3-7H,2H2,1H3,(H,15,16)(H,17,19)(H,18,20). The van der Waals surface area contributed by atoms with Gasteiger partial charge in [0.1, 0.15) is 0 Å². The van der Waals surface area contributed by atoms with Crippen molar-refractivity contribution < 1.29 is 14.3 Å². The number of hydrogen-bond donors (Lipinski definition) is 3. The first-order valence-corrected chi connectivity index (χ1v) is 6.52. The van der Waals surface area contributed by atoms with Crippen LogP contribution >= 0.6 is 11.6 Å². The fourth-order valence-corrected chi connectivity index (χ4v) is 1.76. The van der Waals surface area contributed by atoms with Crippen LogP contribution in [0.1, 0.15) is 17.3 Å². The molecule has 0 radical (unpaired) electrons. The number of amides is 2. The van der Waals surface area contributed by atoms with Gasteiger partial charge in [0.05, 0.1) is 24.1 Å². The third-order valence-corrected chi connectivity index (χ3v) is 2.82. The first-order chi connectivity index (χ1) is 10.1. The van der Waals surface area contributed by atoms with Crippen LogP contribution in [0.2, 0.25) is 5.02 Å². The minimum atomic E-state index is -0.734. The molecule has 0 saturated carbocycles. The molecule has 110 valence electrons. The number of aromatic amines is 1. The van der Waals surface area contributed by atoms with Gasteiger partial charge in [0.15, 0.2) is 0 Å². The molecule has 0 aliphatic carbocycles. The number of ether oxygens (including phenoxy) is 1. The van der Waals surface area contributed by atoms with Crippen molar-refractivity contribution in [3.8, 4) is 11.3 Å². The van der Waals surface area contributed by atoms with E-state index in [1.54, 1.807) is 31.2 Å². The summed E-state index contributed by atoms with van der Waals surface area (Å²) in [7, 11) is 0. The Morgan fingerprint density at radius 2 is 2.00 bits per heavy atom. The maximum absolute atomic E-state index is 12.0. The van der Waals surface area contributed by atoms with E-state index in [1.807, 2.05) is 0 Å². The number of aromatic nitrogens is 2. The summed E-state index contributed by atoms with van der Waals surface area (Å²) in [5.41, 5.74) is 5.94. The number of hydrazine groups is 1. The van der Waals surface area contributed by atoms with Crippen LogP contribution in [0, 0.1) is 0 Å². The third-order valence-electron chi connectivity index (χ3n) is 2.57. The lowest BCUT2D eigenvalue weighted by atomic mass is 10.1. The fraction of sp³-hybridized carbons (Fsp3) is 0.154. The van der Waals surface area contributed by atoms with E-state index in [0.29, 0.717) is 10.7 Å². The van der Waals surface area contributed by atoms with Crippen LogP contribution in [0.3, 0.4) is 0 Å². The number of carbonyl (C=O) groups is 2. The monoisotopic (exact) mass is 308 g/mol. The highest BCUT2D eigenvalue weighted by Gasteiger charge is 2.16. The van der Waals surface area contributed by atoms with E-state index in [1.165, 1.54) is 6.20 Å². The Morgan fingerprint density at radius 3 is 2.67 bits per heavy atom. The molecule has 1 heterocycles. The summed E-state index contributed by atoms with van der Waals surface area (Å²) < 4.78 is 4.63. The molecule has 7 nitrogen and oxygen atoms in total. The average Bonchev–Trinajstić information content (AvgIpc) is 2.95. The summed E-state index contributed by atoms with van der Waals surface area (Å²) in [4.78, 5) is 23.1. The lowest BCUT2D eigenvalue weighted by Crippen LogP contribution is -2.42. The van der Waals surface area contributed by atoms with Gasteiger partial charge in [0, 0.05) is 10.6 Å². The summed E-state index contributed by atoms with van der Waals surface area (Å²) >= 11 is 5.82. The predicted molar refractivity (Wildman–Crippen MR) is 76.7 cm³/mol. The highest BCUT2D eigenvalue weighted by molar-refractivity contribution is 6.30. The summed E-state index contributed by atoms with van der Waals surface area (Å²) in [5.74, 6) is -0.512. The molecule has 3 N–H and O–H groups in total. The van der Waals surface area contributed by atoms with Crippen molar-refractivity contribution >= 4 is 23.6 Å². The van der Waals surface area contributed by atoms with Gasteiger partial charge in [-0.1, -0.05) is 23.7 Å². The van der Waals surface area contributed by atoms with Crippen LogP contribution in [-0.4, -0.2) is 28.8 Å². The van der Waals surface area contributed by atoms with Crippen LogP contribution in [0.5, 0.6) is 0 Å². The summed E-state index contributed by atoms with van der Waals surface area (Å²) in [6.45, 7) is 1.87. The zero-order valence-corrected chi connectivity index (χ0v) is 11.9. The van der Waals surface area contributed by atoms with E-state index >= 15 is 0 Å². The number of hydrogen-bond acceptors (Lipinski definition) is 4. The molecule has 0 saturated heterocycles. The minimum absolute atomic E-state index is 0.212. The van der Waals surface area contributed by atoms with Crippen molar-refractivity contribution in [1.29, 1.82) is 0 Å². The number of nitrogens with one attached hydrogen (secondary N) is 3. The smallest absolute Gasteiger partial charge is 0.426 e. The third kappa shape index (κ3) is 3.73. The molecule has 2 rings (SSSR count). The number of nitrogens with zero attached hydrogens (tertiary/aromatic N) is 1. The molecule has 0 bridgehead atoms. The second kappa shape index (κ2) is 6.76. The van der Waals surface area contributed by atoms with Crippen molar-refractivity contribution in [2.75, 3.05) is 6.61 Å². The van der Waals surface area contributed by atoms with Crippen molar-refractivity contribution in [2.24, 2.45) is 0 Å². The first-order valence-electron chi connectivity index (χ1n) is 6.14.